The van der Waals surface area contributed by atoms with Gasteiger partial charge in [0, 0.05) is 12.1 Å². The molecule has 0 aromatic carbocycles. The van der Waals surface area contributed by atoms with Crippen molar-refractivity contribution in [1.29, 1.82) is 0 Å². The Balaban J connectivity index is 2.65. The van der Waals surface area contributed by atoms with Crippen LogP contribution in [0.15, 0.2) is 18.8 Å². The third kappa shape index (κ3) is 3.07. The van der Waals surface area contributed by atoms with E-state index in [4.69, 9.17) is 5.14 Å². The summed E-state index contributed by atoms with van der Waals surface area (Å²) in [7, 11) is -3.88. The monoisotopic (exact) mass is 428 g/mol. The third-order valence-electron chi connectivity index (χ3n) is 2.32. The molecule has 104 valence electrons. The summed E-state index contributed by atoms with van der Waals surface area (Å²) in [6.45, 7) is 2.42. The lowest BCUT2D eigenvalue weighted by Crippen LogP contribution is -2.19. The Morgan fingerprint density at radius 2 is 2.11 bits per heavy atom. The second-order valence-corrected chi connectivity index (χ2v) is 8.95. The van der Waals surface area contributed by atoms with Gasteiger partial charge in [-0.25, -0.2) is 13.6 Å². The molecule has 2 aromatic heterocycles. The quantitative estimate of drug-likeness (QED) is 0.808. The van der Waals surface area contributed by atoms with E-state index in [0.717, 1.165) is 19.6 Å². The molecule has 0 unspecified atom stereocenters. The number of aromatic nitrogens is 3. The molecule has 0 aliphatic carbocycles. The van der Waals surface area contributed by atoms with Crippen molar-refractivity contribution in [3.8, 4) is 11.4 Å². The highest BCUT2D eigenvalue weighted by atomic mass is 79.9. The van der Waals surface area contributed by atoms with Gasteiger partial charge in [-0.1, -0.05) is 6.92 Å². The van der Waals surface area contributed by atoms with Crippen LogP contribution < -0.4 is 5.14 Å². The van der Waals surface area contributed by atoms with Gasteiger partial charge in [-0.3, -0.25) is 4.57 Å². The zero-order valence-electron chi connectivity index (χ0n) is 9.80. The average Bonchev–Trinajstić information content (AvgIpc) is 2.82. The predicted molar refractivity (Wildman–Crippen MR) is 80.4 cm³/mol. The van der Waals surface area contributed by atoms with Crippen molar-refractivity contribution in [2.24, 2.45) is 5.14 Å². The van der Waals surface area contributed by atoms with Crippen LogP contribution in [0.5, 0.6) is 0 Å². The summed E-state index contributed by atoms with van der Waals surface area (Å²) in [6.07, 6.45) is 0.747. The van der Waals surface area contributed by atoms with Crippen molar-refractivity contribution in [2.75, 3.05) is 0 Å². The lowest BCUT2D eigenvalue weighted by Gasteiger charge is -2.06. The molecule has 0 saturated carbocycles. The van der Waals surface area contributed by atoms with Gasteiger partial charge >= 0.3 is 0 Å². The number of nitrogens with two attached hydrogens (primary N) is 1. The van der Waals surface area contributed by atoms with Gasteiger partial charge in [0.2, 0.25) is 0 Å². The van der Waals surface area contributed by atoms with Crippen LogP contribution in [0.25, 0.3) is 11.4 Å². The van der Waals surface area contributed by atoms with E-state index in [9.17, 15) is 8.42 Å². The smallest absolute Gasteiger partial charge is 0.273 e. The van der Waals surface area contributed by atoms with Gasteiger partial charge in [0.25, 0.3) is 15.2 Å². The molecule has 6 nitrogen and oxygen atoms in total. The first-order chi connectivity index (χ1) is 8.84. The fourth-order valence-corrected chi connectivity index (χ4v) is 5.05. The van der Waals surface area contributed by atoms with Crippen molar-refractivity contribution in [3.63, 3.8) is 0 Å². The number of halogens is 2. The maximum Gasteiger partial charge on any atom is 0.273 e. The van der Waals surface area contributed by atoms with Crippen molar-refractivity contribution < 1.29 is 8.42 Å². The van der Waals surface area contributed by atoms with E-state index in [1.807, 2.05) is 13.0 Å². The van der Waals surface area contributed by atoms with Gasteiger partial charge < -0.3 is 0 Å². The minimum atomic E-state index is -3.88. The van der Waals surface area contributed by atoms with Gasteiger partial charge in [-0.15, -0.1) is 21.5 Å². The molecule has 2 N–H and O–H groups in total. The van der Waals surface area contributed by atoms with E-state index in [-0.39, 0.29) is 5.16 Å². The summed E-state index contributed by atoms with van der Waals surface area (Å²) in [5.74, 6) is 0.486. The lowest BCUT2D eigenvalue weighted by atomic mass is 10.3. The van der Waals surface area contributed by atoms with E-state index >= 15 is 0 Å². The van der Waals surface area contributed by atoms with Crippen LogP contribution in [0.1, 0.15) is 13.3 Å². The summed E-state index contributed by atoms with van der Waals surface area (Å²) in [5.41, 5.74) is 0.785. The first kappa shape index (κ1) is 15.1. The van der Waals surface area contributed by atoms with Gasteiger partial charge in [0.05, 0.1) is 7.57 Å². The SMILES string of the molecule is CCCn1c(-c2cc(Br)sc2Br)nnc1S(N)(=O)=O. The molecule has 0 atom stereocenters. The van der Waals surface area contributed by atoms with Gasteiger partial charge in [0.1, 0.15) is 0 Å². The van der Waals surface area contributed by atoms with Crippen LogP contribution in [0.4, 0.5) is 0 Å². The largest absolute Gasteiger partial charge is 0.297 e. The van der Waals surface area contributed by atoms with E-state index in [1.165, 1.54) is 15.9 Å². The van der Waals surface area contributed by atoms with Crippen LogP contribution in [-0.4, -0.2) is 23.2 Å². The first-order valence-electron chi connectivity index (χ1n) is 5.25. The summed E-state index contributed by atoms with van der Waals surface area (Å²) >= 11 is 8.28. The second kappa shape index (κ2) is 5.60. The number of thiophene rings is 1. The number of hydrogen-bond donors (Lipinski definition) is 1. The van der Waals surface area contributed by atoms with Crippen molar-refractivity contribution >= 4 is 53.2 Å². The van der Waals surface area contributed by atoms with Crippen molar-refractivity contribution in [1.82, 2.24) is 14.8 Å². The number of hydrogen-bond acceptors (Lipinski definition) is 5. The van der Waals surface area contributed by atoms with Crippen LogP contribution in [-0.2, 0) is 16.6 Å². The summed E-state index contributed by atoms with van der Waals surface area (Å²) < 4.78 is 26.3. The molecule has 0 spiro atoms. The maximum absolute atomic E-state index is 11.5. The fourth-order valence-electron chi connectivity index (χ4n) is 1.62. The lowest BCUT2D eigenvalue weighted by molar-refractivity contribution is 0.559. The summed E-state index contributed by atoms with van der Waals surface area (Å²) in [4.78, 5) is 0. The highest BCUT2D eigenvalue weighted by Gasteiger charge is 2.23. The molecule has 2 heterocycles. The Labute approximate surface area is 131 Å². The second-order valence-electron chi connectivity index (χ2n) is 3.74. The van der Waals surface area contributed by atoms with Crippen molar-refractivity contribution in [3.05, 3.63) is 13.6 Å². The molecule has 0 aliphatic rings. The Morgan fingerprint density at radius 1 is 1.42 bits per heavy atom. The van der Waals surface area contributed by atoms with E-state index in [2.05, 4.69) is 42.1 Å². The fraction of sp³-hybridized carbons (Fsp3) is 0.333. The topological polar surface area (TPSA) is 90.9 Å². The molecule has 2 rings (SSSR count). The van der Waals surface area contributed by atoms with Gasteiger partial charge in [-0.2, -0.15) is 0 Å². The summed E-state index contributed by atoms with van der Waals surface area (Å²) in [6, 6.07) is 1.86. The third-order valence-corrected chi connectivity index (χ3v) is 5.47. The van der Waals surface area contributed by atoms with Gasteiger partial charge in [-0.05, 0) is 44.3 Å². The number of primary sulfonamides is 1. The zero-order chi connectivity index (χ0) is 14.2. The van der Waals surface area contributed by atoms with Crippen LogP contribution in [0, 0.1) is 0 Å². The normalized spacial score (nSPS) is 12.0. The Hall–Kier alpha value is -0.290. The van der Waals surface area contributed by atoms with Crippen molar-refractivity contribution in [2.45, 2.75) is 25.0 Å². The molecule has 19 heavy (non-hydrogen) atoms. The molecule has 10 heteroatoms. The molecular formula is C9H10Br2N4O2S2. The van der Waals surface area contributed by atoms with Gasteiger partial charge in [0.15, 0.2) is 5.82 Å². The first-order valence-corrected chi connectivity index (χ1v) is 9.20. The average molecular weight is 430 g/mol. The molecule has 0 aliphatic heterocycles. The highest BCUT2D eigenvalue weighted by molar-refractivity contribution is 9.12. The maximum atomic E-state index is 11.5. The van der Waals surface area contributed by atoms with E-state index < -0.39 is 10.0 Å². The highest BCUT2D eigenvalue weighted by Crippen LogP contribution is 2.38. The molecule has 0 radical (unpaired) electrons. The zero-order valence-corrected chi connectivity index (χ0v) is 14.6. The molecule has 0 bridgehead atoms. The minimum absolute atomic E-state index is 0.210. The standard InChI is InChI=1S/C9H10Br2N4O2S2/c1-2-3-15-8(5-4-6(10)18-7(5)11)13-14-9(15)19(12,16)17/h4H,2-3H2,1H3,(H2,12,16,17). The number of rotatable bonds is 4. The molecular weight excluding hydrogens is 420 g/mol. The number of sulfonamides is 1. The summed E-state index contributed by atoms with van der Waals surface area (Å²) in [5, 5.41) is 12.6. The Bertz CT molecular complexity index is 708. The number of nitrogens with zero attached hydrogens (tertiary/aromatic N) is 3. The molecule has 0 saturated heterocycles. The Kier molecular flexibility index (Phi) is 4.45. The minimum Gasteiger partial charge on any atom is -0.297 e. The van der Waals surface area contributed by atoms with E-state index in [1.54, 1.807) is 0 Å². The van der Waals surface area contributed by atoms with E-state index in [0.29, 0.717) is 12.4 Å². The molecule has 0 fully saturated rings. The predicted octanol–water partition coefficient (Wildman–Crippen LogP) is 2.59. The van der Waals surface area contributed by atoms with Crippen LogP contribution in [0.3, 0.4) is 0 Å². The van der Waals surface area contributed by atoms with Crippen LogP contribution >= 0.6 is 43.2 Å². The molecule has 0 amide bonds. The molecule has 2 aromatic rings. The van der Waals surface area contributed by atoms with Crippen LogP contribution in [0.2, 0.25) is 0 Å². The Morgan fingerprint density at radius 3 is 2.58 bits per heavy atom.